The Morgan fingerprint density at radius 2 is 1.79 bits per heavy atom. The highest BCUT2D eigenvalue weighted by molar-refractivity contribution is 7.17. The van der Waals surface area contributed by atoms with Gasteiger partial charge in [0.25, 0.3) is 5.91 Å². The molecule has 3 heterocycles. The van der Waals surface area contributed by atoms with Crippen LogP contribution in [0.15, 0.2) is 54.7 Å². The fourth-order valence-electron chi connectivity index (χ4n) is 3.54. The molecule has 2 atom stereocenters. The predicted octanol–water partition coefficient (Wildman–Crippen LogP) is 4.98. The first-order valence-corrected chi connectivity index (χ1v) is 10.6. The standard InChI is InChI=1S/C23H25N3O2S/c1-15-4-6-18(7-5-15)20-9-10-21(29-20)23(27)25-19-8-11-22(24-12-19)26-13-16(2)28-17(3)14-26/h4-12,16-17H,13-14H2,1-3H3,(H,25,27)/t16-,17+. The summed E-state index contributed by atoms with van der Waals surface area (Å²) < 4.78 is 5.78. The summed E-state index contributed by atoms with van der Waals surface area (Å²) in [7, 11) is 0. The van der Waals surface area contributed by atoms with Gasteiger partial charge in [-0.1, -0.05) is 29.8 Å². The second kappa shape index (κ2) is 8.35. The van der Waals surface area contributed by atoms with E-state index in [1.165, 1.54) is 16.9 Å². The van der Waals surface area contributed by atoms with Crippen LogP contribution < -0.4 is 10.2 Å². The molecule has 1 saturated heterocycles. The number of amides is 1. The van der Waals surface area contributed by atoms with Crippen molar-refractivity contribution in [2.24, 2.45) is 0 Å². The lowest BCUT2D eigenvalue weighted by molar-refractivity contribution is -0.00545. The van der Waals surface area contributed by atoms with E-state index >= 15 is 0 Å². The molecule has 150 valence electrons. The van der Waals surface area contributed by atoms with E-state index in [4.69, 9.17) is 4.74 Å². The number of carbonyl (C=O) groups excluding carboxylic acids is 1. The molecule has 5 nitrogen and oxygen atoms in total. The number of morpholine rings is 1. The highest BCUT2D eigenvalue weighted by atomic mass is 32.1. The third kappa shape index (κ3) is 4.66. The molecule has 1 aliphatic rings. The average Bonchev–Trinajstić information content (AvgIpc) is 3.19. The molecule has 0 saturated carbocycles. The van der Waals surface area contributed by atoms with E-state index in [1.807, 2.05) is 24.3 Å². The van der Waals surface area contributed by atoms with Crippen LogP contribution in [0.5, 0.6) is 0 Å². The Kier molecular flexibility index (Phi) is 5.65. The van der Waals surface area contributed by atoms with Crippen molar-refractivity contribution < 1.29 is 9.53 Å². The van der Waals surface area contributed by atoms with Crippen molar-refractivity contribution in [3.8, 4) is 10.4 Å². The third-order valence-electron chi connectivity index (χ3n) is 4.92. The topological polar surface area (TPSA) is 54.5 Å². The van der Waals surface area contributed by atoms with Crippen molar-refractivity contribution in [1.29, 1.82) is 0 Å². The van der Waals surface area contributed by atoms with Crippen LogP contribution in [0.2, 0.25) is 0 Å². The molecule has 0 spiro atoms. The number of ether oxygens (including phenoxy) is 1. The number of rotatable bonds is 4. The minimum atomic E-state index is -0.114. The number of benzene rings is 1. The number of aromatic nitrogens is 1. The van der Waals surface area contributed by atoms with Gasteiger partial charge < -0.3 is 15.0 Å². The summed E-state index contributed by atoms with van der Waals surface area (Å²) in [4.78, 5) is 21.2. The van der Waals surface area contributed by atoms with E-state index in [0.717, 1.165) is 29.3 Å². The summed E-state index contributed by atoms with van der Waals surface area (Å²) in [5.41, 5.74) is 3.04. The Labute approximate surface area is 175 Å². The monoisotopic (exact) mass is 407 g/mol. The quantitative estimate of drug-likeness (QED) is 0.662. The van der Waals surface area contributed by atoms with E-state index < -0.39 is 0 Å². The summed E-state index contributed by atoms with van der Waals surface area (Å²) in [6, 6.07) is 16.0. The van der Waals surface area contributed by atoms with Gasteiger partial charge in [0.05, 0.1) is 29.0 Å². The second-order valence-corrected chi connectivity index (χ2v) is 8.64. The lowest BCUT2D eigenvalue weighted by atomic mass is 10.1. The van der Waals surface area contributed by atoms with Gasteiger partial charge in [0.2, 0.25) is 0 Å². The number of hydrogen-bond acceptors (Lipinski definition) is 5. The van der Waals surface area contributed by atoms with Gasteiger partial charge in [-0.2, -0.15) is 0 Å². The van der Waals surface area contributed by atoms with Gasteiger partial charge in [-0.25, -0.2) is 4.98 Å². The Bertz CT molecular complexity index is 972. The zero-order chi connectivity index (χ0) is 20.4. The van der Waals surface area contributed by atoms with Crippen molar-refractivity contribution >= 4 is 28.7 Å². The maximum Gasteiger partial charge on any atom is 0.265 e. The third-order valence-corrected chi connectivity index (χ3v) is 6.05. The van der Waals surface area contributed by atoms with Gasteiger partial charge in [0.15, 0.2) is 0 Å². The highest BCUT2D eigenvalue weighted by Crippen LogP contribution is 2.29. The number of nitrogens with zero attached hydrogens (tertiary/aromatic N) is 2. The molecule has 0 aliphatic carbocycles. The molecule has 1 aliphatic heterocycles. The van der Waals surface area contributed by atoms with Gasteiger partial charge in [0, 0.05) is 18.0 Å². The minimum absolute atomic E-state index is 0.114. The molecule has 1 amide bonds. The maximum absolute atomic E-state index is 12.6. The molecule has 29 heavy (non-hydrogen) atoms. The summed E-state index contributed by atoms with van der Waals surface area (Å²) in [6.07, 6.45) is 2.08. The van der Waals surface area contributed by atoms with E-state index in [9.17, 15) is 4.79 Å². The first-order valence-electron chi connectivity index (χ1n) is 9.82. The molecule has 0 radical (unpaired) electrons. The van der Waals surface area contributed by atoms with E-state index in [2.05, 4.69) is 60.2 Å². The van der Waals surface area contributed by atoms with Crippen LogP contribution in [0.3, 0.4) is 0 Å². The maximum atomic E-state index is 12.6. The summed E-state index contributed by atoms with van der Waals surface area (Å²) in [6.45, 7) is 7.85. The molecule has 2 aromatic heterocycles. The van der Waals surface area contributed by atoms with Crippen molar-refractivity contribution in [3.63, 3.8) is 0 Å². The number of carbonyl (C=O) groups is 1. The Morgan fingerprint density at radius 1 is 1.07 bits per heavy atom. The smallest absolute Gasteiger partial charge is 0.265 e. The van der Waals surface area contributed by atoms with Crippen molar-refractivity contribution in [2.45, 2.75) is 33.0 Å². The lowest BCUT2D eigenvalue weighted by Gasteiger charge is -2.36. The number of hydrogen-bond donors (Lipinski definition) is 1. The fraction of sp³-hybridized carbons (Fsp3) is 0.304. The SMILES string of the molecule is Cc1ccc(-c2ccc(C(=O)Nc3ccc(N4C[C@@H](C)O[C@@H](C)C4)nc3)s2)cc1. The van der Waals surface area contributed by atoms with Crippen molar-refractivity contribution in [3.05, 3.63) is 65.2 Å². The van der Waals surface area contributed by atoms with Gasteiger partial charge in [-0.15, -0.1) is 11.3 Å². The highest BCUT2D eigenvalue weighted by Gasteiger charge is 2.23. The van der Waals surface area contributed by atoms with E-state index in [-0.39, 0.29) is 18.1 Å². The van der Waals surface area contributed by atoms with Crippen LogP contribution in [0, 0.1) is 6.92 Å². The molecular weight excluding hydrogens is 382 g/mol. The number of thiophene rings is 1. The molecule has 6 heteroatoms. The number of aryl methyl sites for hydroxylation is 1. The van der Waals surface area contributed by atoms with Crippen LogP contribution in [0.4, 0.5) is 11.5 Å². The van der Waals surface area contributed by atoms with Crippen molar-refractivity contribution in [2.75, 3.05) is 23.3 Å². The van der Waals surface area contributed by atoms with E-state index in [0.29, 0.717) is 10.6 Å². The Hall–Kier alpha value is -2.70. The van der Waals surface area contributed by atoms with Crippen LogP contribution >= 0.6 is 11.3 Å². The molecule has 3 aromatic rings. The first kappa shape index (κ1) is 19.6. The molecular formula is C23H25N3O2S. The van der Waals surface area contributed by atoms with Gasteiger partial charge in [0.1, 0.15) is 5.82 Å². The minimum Gasteiger partial charge on any atom is -0.372 e. The molecule has 1 aromatic carbocycles. The fourth-order valence-corrected chi connectivity index (χ4v) is 4.44. The number of pyridine rings is 1. The molecule has 0 bridgehead atoms. The zero-order valence-corrected chi connectivity index (χ0v) is 17.7. The van der Waals surface area contributed by atoms with Gasteiger partial charge >= 0.3 is 0 Å². The summed E-state index contributed by atoms with van der Waals surface area (Å²) in [5.74, 6) is 0.791. The average molecular weight is 408 g/mol. The van der Waals surface area contributed by atoms with Crippen LogP contribution in [0.25, 0.3) is 10.4 Å². The van der Waals surface area contributed by atoms with Gasteiger partial charge in [-0.3, -0.25) is 4.79 Å². The molecule has 1 fully saturated rings. The Morgan fingerprint density at radius 3 is 2.45 bits per heavy atom. The molecule has 0 unspecified atom stereocenters. The van der Waals surface area contributed by atoms with Crippen LogP contribution in [-0.2, 0) is 4.74 Å². The van der Waals surface area contributed by atoms with Gasteiger partial charge in [-0.05, 0) is 50.6 Å². The normalized spacial score (nSPS) is 19.2. The number of anilines is 2. The predicted molar refractivity (Wildman–Crippen MR) is 119 cm³/mol. The second-order valence-electron chi connectivity index (χ2n) is 7.55. The molecule has 1 N–H and O–H groups in total. The molecule has 4 rings (SSSR count). The van der Waals surface area contributed by atoms with Crippen LogP contribution in [0.1, 0.15) is 29.1 Å². The Balaban J connectivity index is 1.42. The largest absolute Gasteiger partial charge is 0.372 e. The summed E-state index contributed by atoms with van der Waals surface area (Å²) >= 11 is 1.49. The zero-order valence-electron chi connectivity index (χ0n) is 16.9. The van der Waals surface area contributed by atoms with Crippen molar-refractivity contribution in [1.82, 2.24) is 4.98 Å². The van der Waals surface area contributed by atoms with E-state index in [1.54, 1.807) is 6.20 Å². The first-order chi connectivity index (χ1) is 14.0. The summed E-state index contributed by atoms with van der Waals surface area (Å²) in [5, 5.41) is 2.95. The van der Waals surface area contributed by atoms with Crippen LogP contribution in [-0.4, -0.2) is 36.2 Å². The lowest BCUT2D eigenvalue weighted by Crippen LogP contribution is -2.45. The number of nitrogens with one attached hydrogen (secondary N) is 1.